The minimum absolute atomic E-state index is 0. The Morgan fingerprint density at radius 1 is 0.800 bits per heavy atom. The van der Waals surface area contributed by atoms with E-state index in [0.29, 0.717) is 25.1 Å². The van der Waals surface area contributed by atoms with Gasteiger partial charge in [0.25, 0.3) is 0 Å². The van der Waals surface area contributed by atoms with E-state index in [-0.39, 0.29) is 32.0 Å². The van der Waals surface area contributed by atoms with E-state index in [0.717, 1.165) is 11.4 Å². The monoisotopic (exact) mass is 576 g/mol. The van der Waals surface area contributed by atoms with Gasteiger partial charge in [0.15, 0.2) is 11.6 Å². The molecule has 4 nitrogen and oxygen atoms in total. The molecular formula is C15H16Cl4N2O2Zr2. The van der Waals surface area contributed by atoms with Crippen molar-refractivity contribution in [1.82, 2.24) is 0 Å². The van der Waals surface area contributed by atoms with Crippen molar-refractivity contribution in [2.45, 2.75) is 19.3 Å². The minimum atomic E-state index is -0.826. The number of para-hydroxylation sites is 2. The Hall–Kier alpha value is 0.826. The second-order valence-corrected chi connectivity index (χ2v) is 11.7. The molecule has 0 bridgehead atoms. The summed E-state index contributed by atoms with van der Waals surface area (Å²) < 4.78 is 0. The average Bonchev–Trinajstić information content (AvgIpc) is 2.92. The number of rotatable bonds is 0. The van der Waals surface area contributed by atoms with Gasteiger partial charge in [0, 0.05) is 18.4 Å². The van der Waals surface area contributed by atoms with Crippen LogP contribution in [-0.2, 0) is 51.3 Å². The van der Waals surface area contributed by atoms with E-state index < -0.39 is 41.7 Å². The number of benzene rings is 1. The molecule has 3 rings (SSSR count). The fourth-order valence-corrected chi connectivity index (χ4v) is 2.08. The molecule has 10 heteroatoms. The average molecular weight is 581 g/mol. The van der Waals surface area contributed by atoms with Crippen LogP contribution in [0.2, 0.25) is 0 Å². The zero-order chi connectivity index (χ0) is 17.2. The van der Waals surface area contributed by atoms with Crippen LogP contribution in [0.3, 0.4) is 0 Å². The summed E-state index contributed by atoms with van der Waals surface area (Å²) in [6, 6.07) is 7.36. The number of halogens is 4. The number of carbonyl (C=O) groups excluding carboxylic acids is 2. The van der Waals surface area contributed by atoms with Crippen LogP contribution in [0.4, 0.5) is 11.4 Å². The van der Waals surface area contributed by atoms with Crippen molar-refractivity contribution < 1.29 is 51.3 Å². The summed E-state index contributed by atoms with van der Waals surface area (Å²) in [6.45, 7) is 0. The van der Waals surface area contributed by atoms with Gasteiger partial charge in [-0.3, -0.25) is 9.59 Å². The first-order chi connectivity index (χ1) is 11.1. The maximum absolute atomic E-state index is 11.7. The summed E-state index contributed by atoms with van der Waals surface area (Å²) in [5.41, 5.74) is 1.63. The van der Waals surface area contributed by atoms with Crippen LogP contribution in [0, 0.1) is 14.9 Å². The number of hydrogen-bond donors (Lipinski definition) is 0. The zero-order valence-electron chi connectivity index (χ0n) is 13.7. The van der Waals surface area contributed by atoms with Crippen LogP contribution in [0.5, 0.6) is 0 Å². The van der Waals surface area contributed by atoms with Gasteiger partial charge < -0.3 is 25.5 Å². The Kier molecular flexibility index (Phi) is 17.8. The van der Waals surface area contributed by atoms with Crippen molar-refractivity contribution >= 4 is 57.0 Å². The predicted molar refractivity (Wildman–Crippen MR) is 99.6 cm³/mol. The molecule has 2 aliphatic rings. The number of ketones is 2. The van der Waals surface area contributed by atoms with Gasteiger partial charge in [-0.25, -0.2) is 5.82 Å². The number of Topliss-reactive ketones (excluding diaryl/α,β-unsaturated/α-hetero) is 2. The molecule has 0 saturated heterocycles. The molecule has 1 aliphatic heterocycles. The summed E-state index contributed by atoms with van der Waals surface area (Å²) >= 11 is -1.65. The fourth-order valence-electron chi connectivity index (χ4n) is 2.08. The first-order valence-electron chi connectivity index (χ1n) is 6.34. The normalized spacial score (nSPS) is 13.6. The summed E-state index contributed by atoms with van der Waals surface area (Å²) in [5, 5.41) is 8.49. The van der Waals surface area contributed by atoms with Gasteiger partial charge in [-0.15, -0.1) is 0 Å². The van der Waals surface area contributed by atoms with Crippen LogP contribution >= 0.6 is 34.1 Å². The van der Waals surface area contributed by atoms with Crippen molar-refractivity contribution in [3.8, 4) is 0 Å². The number of allylic oxidation sites excluding steroid dienone is 1. The van der Waals surface area contributed by atoms with Gasteiger partial charge in [-0.05, 0) is 6.42 Å². The van der Waals surface area contributed by atoms with Gasteiger partial charge in [-0.1, -0.05) is 24.3 Å². The molecule has 0 radical (unpaired) electrons. The molecule has 0 spiro atoms. The number of carbonyl (C=O) groups is 2. The van der Waals surface area contributed by atoms with Crippen molar-refractivity contribution in [2.24, 2.45) is 0 Å². The molecule has 25 heavy (non-hydrogen) atoms. The van der Waals surface area contributed by atoms with E-state index in [1.54, 1.807) is 0 Å². The van der Waals surface area contributed by atoms with Crippen molar-refractivity contribution in [2.75, 3.05) is 0 Å². The molecular weight excluding hydrogens is 564 g/mol. The van der Waals surface area contributed by atoms with Crippen LogP contribution < -0.4 is 0 Å². The number of nitrogens with zero attached hydrogens (tertiary/aromatic N) is 2. The SMILES string of the molecule is O=C1CCCC(=O)C1=C1[N-]c2ccccc2[N-]1.[CH3-].[CH3-].[Cl][Zr+2][Cl].[Cl][Zr+2][Cl]. The quantitative estimate of drug-likeness (QED) is 0.191. The molecule has 0 atom stereocenters. The second kappa shape index (κ2) is 15.8. The Bertz CT molecular complexity index is 554. The second-order valence-electron chi connectivity index (χ2n) is 4.25. The van der Waals surface area contributed by atoms with Crippen LogP contribution in [0.25, 0.3) is 10.6 Å². The van der Waals surface area contributed by atoms with E-state index in [4.69, 9.17) is 34.1 Å². The molecule has 0 unspecified atom stereocenters. The Balaban J connectivity index is 0. The molecule has 1 saturated carbocycles. The summed E-state index contributed by atoms with van der Waals surface area (Å²) in [4.78, 5) is 23.5. The molecule has 1 fully saturated rings. The van der Waals surface area contributed by atoms with Crippen molar-refractivity contribution in [3.05, 3.63) is 61.1 Å². The fraction of sp³-hybridized carbons (Fsp3) is 0.200. The van der Waals surface area contributed by atoms with E-state index in [1.165, 1.54) is 0 Å². The number of fused-ring (bicyclic) bond motifs is 1. The Labute approximate surface area is 186 Å². The van der Waals surface area contributed by atoms with Gasteiger partial charge in [0.2, 0.25) is 0 Å². The maximum atomic E-state index is 11.7. The molecule has 1 aliphatic carbocycles. The van der Waals surface area contributed by atoms with E-state index in [9.17, 15) is 9.59 Å². The third kappa shape index (κ3) is 9.04. The third-order valence-electron chi connectivity index (χ3n) is 2.92. The first kappa shape index (κ1) is 28.0. The van der Waals surface area contributed by atoms with Gasteiger partial charge in [0.05, 0.1) is 0 Å². The molecule has 1 aromatic carbocycles. The molecule has 0 aromatic heterocycles. The summed E-state index contributed by atoms with van der Waals surface area (Å²) in [5.74, 6) is 0.0361. The van der Waals surface area contributed by atoms with Crippen molar-refractivity contribution in [1.29, 1.82) is 0 Å². The van der Waals surface area contributed by atoms with Crippen LogP contribution in [0.1, 0.15) is 19.3 Å². The first-order valence-corrected chi connectivity index (χ1v) is 19.0. The molecule has 0 N–H and O–H groups in total. The predicted octanol–water partition coefficient (Wildman–Crippen LogP) is 6.90. The van der Waals surface area contributed by atoms with Gasteiger partial charge in [0.1, 0.15) is 0 Å². The summed E-state index contributed by atoms with van der Waals surface area (Å²) in [7, 11) is 19.7. The van der Waals surface area contributed by atoms with E-state index in [2.05, 4.69) is 10.6 Å². The molecule has 0 amide bonds. The molecule has 1 aromatic rings. The zero-order valence-corrected chi connectivity index (χ0v) is 21.6. The van der Waals surface area contributed by atoms with Crippen LogP contribution in [0.15, 0.2) is 35.7 Å². The van der Waals surface area contributed by atoms with Crippen molar-refractivity contribution in [3.63, 3.8) is 0 Å². The topological polar surface area (TPSA) is 62.3 Å². The van der Waals surface area contributed by atoms with E-state index in [1.807, 2.05) is 24.3 Å². The standard InChI is InChI=1S/C13H11N2O2.2CH3.4ClH.2Zr/c16-10-6-3-7-11(17)12(10)13-14-8-4-1-2-5-9(8)15-13;;;;;;;;/h1-2,4-5H,3,6-7H2,(H-,14,15,16,17);2*1H3;4*1H;;/q3*-1;;;;;2*+4/p-5. The van der Waals surface area contributed by atoms with Crippen LogP contribution in [-0.4, -0.2) is 11.6 Å². The van der Waals surface area contributed by atoms with Gasteiger partial charge >= 0.3 is 75.7 Å². The third-order valence-corrected chi connectivity index (χ3v) is 2.92. The molecule has 1 heterocycles. The number of hydrogen-bond acceptors (Lipinski definition) is 2. The van der Waals surface area contributed by atoms with E-state index >= 15 is 0 Å². The Morgan fingerprint density at radius 2 is 1.16 bits per heavy atom. The molecule has 134 valence electrons. The summed E-state index contributed by atoms with van der Waals surface area (Å²) in [6.07, 6.45) is 1.49. The van der Waals surface area contributed by atoms with Gasteiger partial charge in [-0.2, -0.15) is 11.4 Å². The Morgan fingerprint density at radius 3 is 1.52 bits per heavy atom.